The first kappa shape index (κ1) is 18.8. The highest BCUT2D eigenvalue weighted by Gasteiger charge is 2.23. The van der Waals surface area contributed by atoms with E-state index in [1.165, 1.54) is 30.4 Å². The first-order chi connectivity index (χ1) is 13.6. The van der Waals surface area contributed by atoms with Crippen LogP contribution in [0, 0.1) is 11.6 Å². The summed E-state index contributed by atoms with van der Waals surface area (Å²) in [6.45, 7) is 0. The summed E-state index contributed by atoms with van der Waals surface area (Å²) in [5, 5.41) is 0.0555. The van der Waals surface area contributed by atoms with Crippen molar-refractivity contribution in [2.24, 2.45) is 0 Å². The fourth-order valence-electron chi connectivity index (χ4n) is 2.76. The van der Waals surface area contributed by atoms with Crippen molar-refractivity contribution in [2.75, 3.05) is 0 Å². The zero-order chi connectivity index (χ0) is 19.5. The number of hydrogen-bond donors (Lipinski definition) is 0. The van der Waals surface area contributed by atoms with Gasteiger partial charge in [0.25, 0.3) is 6.29 Å². The Balaban J connectivity index is 1.69. The largest absolute Gasteiger partial charge is 0.455 e. The van der Waals surface area contributed by atoms with E-state index in [0.717, 1.165) is 22.6 Å². The second kappa shape index (κ2) is 8.20. The molecule has 0 N–H and O–H groups in total. The van der Waals surface area contributed by atoms with Crippen molar-refractivity contribution >= 4 is 23.4 Å². The van der Waals surface area contributed by atoms with E-state index in [9.17, 15) is 8.78 Å². The summed E-state index contributed by atoms with van der Waals surface area (Å²) >= 11 is 7.31. The molecule has 0 radical (unpaired) electrons. The number of rotatable bonds is 5. The van der Waals surface area contributed by atoms with E-state index in [-0.39, 0.29) is 5.56 Å². The smallest absolute Gasteiger partial charge is 0.267 e. The molecule has 7 heteroatoms. The van der Waals surface area contributed by atoms with E-state index in [1.54, 1.807) is 30.5 Å². The highest BCUT2D eigenvalue weighted by atomic mass is 35.5. The van der Waals surface area contributed by atoms with Gasteiger partial charge in [-0.3, -0.25) is 4.98 Å². The Morgan fingerprint density at radius 3 is 2.39 bits per heavy atom. The lowest BCUT2D eigenvalue weighted by Gasteiger charge is -2.19. The number of benzene rings is 2. The standard InChI is InChI=1S/C21H14ClF2NO2S/c22-14-2-5-16(6-3-14)28-20(17-11-15(23)4-7-18(17)24)19-8-1-13(12-25-19)21-26-9-10-27-21/h1-12,20-21H. The number of ether oxygens (including phenoxy) is 2. The highest BCUT2D eigenvalue weighted by Crippen LogP contribution is 2.41. The number of pyridine rings is 1. The summed E-state index contributed by atoms with van der Waals surface area (Å²) in [5.41, 5.74) is 1.53. The van der Waals surface area contributed by atoms with Crippen LogP contribution >= 0.6 is 23.4 Å². The van der Waals surface area contributed by atoms with Crippen LogP contribution in [-0.4, -0.2) is 4.98 Å². The average Bonchev–Trinajstić information content (AvgIpc) is 3.25. The molecule has 28 heavy (non-hydrogen) atoms. The molecule has 4 rings (SSSR count). The molecular weight excluding hydrogens is 404 g/mol. The fourth-order valence-corrected chi connectivity index (χ4v) is 4.01. The summed E-state index contributed by atoms with van der Waals surface area (Å²) in [7, 11) is 0. The average molecular weight is 418 g/mol. The molecule has 1 aromatic heterocycles. The van der Waals surface area contributed by atoms with Crippen molar-refractivity contribution in [3.05, 3.63) is 107 Å². The SMILES string of the molecule is Fc1ccc(F)c(C(Sc2ccc(Cl)cc2)c2ccc(C3OC=CO3)cn2)c1. The molecule has 0 saturated carbocycles. The van der Waals surface area contributed by atoms with Crippen molar-refractivity contribution in [3.8, 4) is 0 Å². The van der Waals surface area contributed by atoms with E-state index in [1.807, 2.05) is 12.1 Å². The maximum absolute atomic E-state index is 14.5. The van der Waals surface area contributed by atoms with E-state index >= 15 is 0 Å². The molecule has 2 heterocycles. The van der Waals surface area contributed by atoms with E-state index < -0.39 is 23.2 Å². The Morgan fingerprint density at radius 2 is 1.71 bits per heavy atom. The third kappa shape index (κ3) is 4.13. The van der Waals surface area contributed by atoms with Gasteiger partial charge in [-0.2, -0.15) is 0 Å². The molecule has 3 aromatic rings. The van der Waals surface area contributed by atoms with E-state index in [4.69, 9.17) is 21.1 Å². The van der Waals surface area contributed by atoms with Crippen molar-refractivity contribution in [2.45, 2.75) is 16.4 Å². The summed E-state index contributed by atoms with van der Waals surface area (Å²) < 4.78 is 38.9. The number of hydrogen-bond acceptors (Lipinski definition) is 4. The molecule has 1 unspecified atom stereocenters. The third-order valence-corrected chi connectivity index (χ3v) is 5.65. The Bertz CT molecular complexity index is 988. The molecule has 0 amide bonds. The molecule has 0 fully saturated rings. The van der Waals surface area contributed by atoms with Crippen molar-refractivity contribution in [3.63, 3.8) is 0 Å². The second-order valence-corrected chi connectivity index (χ2v) is 7.63. The molecule has 3 nitrogen and oxygen atoms in total. The van der Waals surface area contributed by atoms with Gasteiger partial charge in [0.2, 0.25) is 0 Å². The maximum Gasteiger partial charge on any atom is 0.267 e. The van der Waals surface area contributed by atoms with Gasteiger partial charge in [-0.25, -0.2) is 8.78 Å². The van der Waals surface area contributed by atoms with Crippen LogP contribution in [0.2, 0.25) is 5.02 Å². The zero-order valence-corrected chi connectivity index (χ0v) is 16.0. The van der Waals surface area contributed by atoms with Gasteiger partial charge in [0.15, 0.2) is 0 Å². The minimum atomic E-state index is -0.547. The van der Waals surface area contributed by atoms with Crippen molar-refractivity contribution in [1.82, 2.24) is 4.98 Å². The molecule has 1 aliphatic heterocycles. The quantitative estimate of drug-likeness (QED) is 0.449. The first-order valence-corrected chi connectivity index (χ1v) is 9.65. The van der Waals surface area contributed by atoms with Gasteiger partial charge in [-0.15, -0.1) is 11.8 Å². The highest BCUT2D eigenvalue weighted by molar-refractivity contribution is 7.99. The molecule has 0 spiro atoms. The number of halogens is 3. The lowest BCUT2D eigenvalue weighted by molar-refractivity contribution is -0.0248. The van der Waals surface area contributed by atoms with Crippen LogP contribution in [0.25, 0.3) is 0 Å². The number of nitrogens with zero attached hydrogens (tertiary/aromatic N) is 1. The van der Waals surface area contributed by atoms with Crippen LogP contribution < -0.4 is 0 Å². The molecule has 1 aliphatic rings. The Morgan fingerprint density at radius 1 is 0.964 bits per heavy atom. The van der Waals surface area contributed by atoms with Gasteiger partial charge in [0.1, 0.15) is 24.2 Å². The lowest BCUT2D eigenvalue weighted by Crippen LogP contribution is -2.05. The fraction of sp³-hybridized carbons (Fsp3) is 0.0952. The predicted molar refractivity (Wildman–Crippen MR) is 104 cm³/mol. The third-order valence-electron chi connectivity index (χ3n) is 4.12. The monoisotopic (exact) mass is 417 g/mol. The van der Waals surface area contributed by atoms with Crippen molar-refractivity contribution in [1.29, 1.82) is 0 Å². The topological polar surface area (TPSA) is 31.4 Å². The summed E-state index contributed by atoms with van der Waals surface area (Å²) in [4.78, 5) is 5.32. The minimum Gasteiger partial charge on any atom is -0.455 e. The van der Waals surface area contributed by atoms with Crippen molar-refractivity contribution < 1.29 is 18.3 Å². The zero-order valence-electron chi connectivity index (χ0n) is 14.4. The van der Waals surface area contributed by atoms with Gasteiger partial charge < -0.3 is 9.47 Å². The molecular formula is C21H14ClF2NO2S. The molecule has 0 bridgehead atoms. The van der Waals surface area contributed by atoms with Gasteiger partial charge >= 0.3 is 0 Å². The molecule has 0 aliphatic carbocycles. The van der Waals surface area contributed by atoms with Crippen LogP contribution in [0.1, 0.15) is 28.4 Å². The van der Waals surface area contributed by atoms with E-state index in [2.05, 4.69) is 4.98 Å². The second-order valence-electron chi connectivity index (χ2n) is 6.01. The minimum absolute atomic E-state index is 0.218. The number of thioether (sulfide) groups is 1. The molecule has 142 valence electrons. The lowest BCUT2D eigenvalue weighted by atomic mass is 10.1. The van der Waals surface area contributed by atoms with Gasteiger partial charge in [0.05, 0.1) is 16.5 Å². The Kier molecular flexibility index (Phi) is 5.50. The van der Waals surface area contributed by atoms with E-state index in [0.29, 0.717) is 10.7 Å². The van der Waals surface area contributed by atoms with Gasteiger partial charge in [-0.05, 0) is 54.6 Å². The Labute approximate surface area is 170 Å². The van der Waals surface area contributed by atoms with Crippen LogP contribution in [0.3, 0.4) is 0 Å². The molecule has 1 atom stereocenters. The Hall–Kier alpha value is -2.57. The van der Waals surface area contributed by atoms with Crippen LogP contribution in [0.15, 0.2) is 78.2 Å². The first-order valence-electron chi connectivity index (χ1n) is 8.39. The number of aromatic nitrogens is 1. The summed E-state index contributed by atoms with van der Waals surface area (Å²) in [5.74, 6) is -1.00. The van der Waals surface area contributed by atoms with Crippen LogP contribution in [-0.2, 0) is 9.47 Å². The maximum atomic E-state index is 14.5. The van der Waals surface area contributed by atoms with Crippen LogP contribution in [0.4, 0.5) is 8.78 Å². The molecule has 0 saturated heterocycles. The van der Waals surface area contributed by atoms with Gasteiger partial charge in [0, 0.05) is 21.7 Å². The predicted octanol–water partition coefficient (Wildman–Crippen LogP) is 6.41. The van der Waals surface area contributed by atoms with Gasteiger partial charge in [-0.1, -0.05) is 11.6 Å². The molecule has 2 aromatic carbocycles. The summed E-state index contributed by atoms with van der Waals surface area (Å²) in [6, 6.07) is 14.1. The summed E-state index contributed by atoms with van der Waals surface area (Å²) in [6.07, 6.45) is 3.98. The van der Waals surface area contributed by atoms with Crippen LogP contribution in [0.5, 0.6) is 0 Å². The normalized spacial score (nSPS) is 14.5.